The molecule has 0 aliphatic heterocycles. The van der Waals surface area contributed by atoms with Crippen molar-refractivity contribution in [3.8, 4) is 0 Å². The van der Waals surface area contributed by atoms with Crippen LogP contribution in [-0.2, 0) is 20.9 Å². The van der Waals surface area contributed by atoms with Crippen molar-refractivity contribution in [1.29, 1.82) is 0 Å². The molecule has 1 N–H and O–H groups in total. The molecule has 0 aliphatic rings. The number of amides is 1. The first kappa shape index (κ1) is 20.0. The number of hydrogen-bond acceptors (Lipinski definition) is 4. The second-order valence-electron chi connectivity index (χ2n) is 6.72. The van der Waals surface area contributed by atoms with E-state index in [1.165, 1.54) is 0 Å². The molecule has 26 heavy (non-hydrogen) atoms. The minimum atomic E-state index is -0.957. The normalized spacial score (nSPS) is 12.2. The van der Waals surface area contributed by atoms with Gasteiger partial charge < -0.3 is 14.8 Å². The molecule has 0 radical (unpaired) electrons. The van der Waals surface area contributed by atoms with Crippen LogP contribution in [0.5, 0.6) is 0 Å². The quantitative estimate of drug-likeness (QED) is 0.709. The number of alkyl carbamates (subject to hydrolysis) is 1. The third-order valence-electron chi connectivity index (χ3n) is 3.32. The summed E-state index contributed by atoms with van der Waals surface area (Å²) in [4.78, 5) is 24.7. The predicted molar refractivity (Wildman–Crippen MR) is 102 cm³/mol. The highest BCUT2D eigenvalue weighted by molar-refractivity contribution is 9.10. The first-order valence-corrected chi connectivity index (χ1v) is 8.99. The van der Waals surface area contributed by atoms with Crippen LogP contribution in [0.1, 0.15) is 37.9 Å². The summed E-state index contributed by atoms with van der Waals surface area (Å²) in [6.45, 7) is 5.40. The van der Waals surface area contributed by atoms with Crippen LogP contribution in [0.15, 0.2) is 59.1 Å². The van der Waals surface area contributed by atoms with Gasteiger partial charge in [-0.3, -0.25) is 0 Å². The SMILES string of the molecule is CC(C)(C)OC(=O)NC(C(=O)OCc1ccccc1)c1ccc(Br)cc1. The zero-order valence-electron chi connectivity index (χ0n) is 15.0. The Kier molecular flexibility index (Phi) is 6.80. The van der Waals surface area contributed by atoms with E-state index in [9.17, 15) is 9.59 Å². The molecule has 0 fully saturated rings. The van der Waals surface area contributed by atoms with Crippen molar-refractivity contribution in [2.24, 2.45) is 0 Å². The first-order chi connectivity index (χ1) is 12.2. The number of halogens is 1. The lowest BCUT2D eigenvalue weighted by atomic mass is 10.1. The van der Waals surface area contributed by atoms with Gasteiger partial charge in [0.1, 0.15) is 12.2 Å². The minimum absolute atomic E-state index is 0.128. The Morgan fingerprint density at radius 2 is 1.65 bits per heavy atom. The third kappa shape index (κ3) is 6.52. The fraction of sp³-hybridized carbons (Fsp3) is 0.300. The van der Waals surface area contributed by atoms with Gasteiger partial charge in [0.2, 0.25) is 0 Å². The maximum absolute atomic E-state index is 12.6. The molecule has 1 atom stereocenters. The van der Waals surface area contributed by atoms with E-state index in [1.54, 1.807) is 45.0 Å². The summed E-state index contributed by atoms with van der Waals surface area (Å²) in [5.41, 5.74) is 0.812. The zero-order chi connectivity index (χ0) is 19.2. The molecular weight excluding hydrogens is 398 g/mol. The van der Waals surface area contributed by atoms with Crippen LogP contribution < -0.4 is 5.32 Å². The number of esters is 1. The number of ether oxygens (including phenoxy) is 2. The standard InChI is InChI=1S/C20H22BrNO4/c1-20(2,3)26-19(24)22-17(15-9-11-16(21)12-10-15)18(23)25-13-14-7-5-4-6-8-14/h4-12,17H,13H2,1-3H3,(H,22,24). The van der Waals surface area contributed by atoms with Crippen molar-refractivity contribution in [3.63, 3.8) is 0 Å². The van der Waals surface area contributed by atoms with Crippen LogP contribution >= 0.6 is 15.9 Å². The Bertz CT molecular complexity index is 739. The number of carbonyl (C=O) groups is 2. The Labute approximate surface area is 161 Å². The second-order valence-corrected chi connectivity index (χ2v) is 7.64. The fourth-order valence-corrected chi connectivity index (χ4v) is 2.44. The molecule has 0 bridgehead atoms. The van der Waals surface area contributed by atoms with Crippen molar-refractivity contribution < 1.29 is 19.1 Å². The van der Waals surface area contributed by atoms with Gasteiger partial charge in [0, 0.05) is 4.47 Å². The molecule has 1 unspecified atom stereocenters. The van der Waals surface area contributed by atoms with E-state index in [-0.39, 0.29) is 6.61 Å². The smallest absolute Gasteiger partial charge is 0.408 e. The minimum Gasteiger partial charge on any atom is -0.459 e. The maximum Gasteiger partial charge on any atom is 0.408 e. The lowest BCUT2D eigenvalue weighted by Crippen LogP contribution is -2.38. The van der Waals surface area contributed by atoms with Crippen LogP contribution in [0, 0.1) is 0 Å². The summed E-state index contributed by atoms with van der Waals surface area (Å²) in [5.74, 6) is -0.554. The van der Waals surface area contributed by atoms with Crippen molar-refractivity contribution in [1.82, 2.24) is 5.32 Å². The van der Waals surface area contributed by atoms with Crippen molar-refractivity contribution in [2.75, 3.05) is 0 Å². The number of nitrogens with one attached hydrogen (secondary N) is 1. The fourth-order valence-electron chi connectivity index (χ4n) is 2.17. The summed E-state index contributed by atoms with van der Waals surface area (Å²) in [6, 6.07) is 15.5. The summed E-state index contributed by atoms with van der Waals surface area (Å²) in [6.07, 6.45) is -0.679. The summed E-state index contributed by atoms with van der Waals surface area (Å²) < 4.78 is 11.5. The third-order valence-corrected chi connectivity index (χ3v) is 3.85. The number of rotatable bonds is 5. The maximum atomic E-state index is 12.6. The van der Waals surface area contributed by atoms with Crippen molar-refractivity contribution in [2.45, 2.75) is 39.0 Å². The van der Waals surface area contributed by atoms with E-state index in [4.69, 9.17) is 9.47 Å². The van der Waals surface area contributed by atoms with E-state index in [0.717, 1.165) is 10.0 Å². The summed E-state index contributed by atoms with van der Waals surface area (Å²) in [5, 5.41) is 2.59. The molecule has 138 valence electrons. The summed E-state index contributed by atoms with van der Waals surface area (Å²) in [7, 11) is 0. The van der Waals surface area contributed by atoms with Crippen LogP contribution in [0.2, 0.25) is 0 Å². The molecule has 0 aliphatic carbocycles. The highest BCUT2D eigenvalue weighted by atomic mass is 79.9. The Morgan fingerprint density at radius 3 is 2.23 bits per heavy atom. The molecule has 5 nitrogen and oxygen atoms in total. The van der Waals surface area contributed by atoms with Gasteiger partial charge >= 0.3 is 12.1 Å². The molecule has 0 aromatic heterocycles. The van der Waals surface area contributed by atoms with Crippen molar-refractivity contribution in [3.05, 3.63) is 70.2 Å². The lowest BCUT2D eigenvalue weighted by Gasteiger charge is -2.23. The molecule has 0 heterocycles. The molecule has 0 saturated heterocycles. The summed E-state index contributed by atoms with van der Waals surface area (Å²) >= 11 is 3.36. The van der Waals surface area contributed by atoms with E-state index in [0.29, 0.717) is 5.56 Å². The van der Waals surface area contributed by atoms with Crippen molar-refractivity contribution >= 4 is 28.0 Å². The Morgan fingerprint density at radius 1 is 1.04 bits per heavy atom. The molecule has 2 aromatic carbocycles. The van der Waals surface area contributed by atoms with E-state index in [1.807, 2.05) is 30.3 Å². The Hall–Kier alpha value is -2.34. The first-order valence-electron chi connectivity index (χ1n) is 8.20. The average Bonchev–Trinajstić information content (AvgIpc) is 2.58. The van der Waals surface area contributed by atoms with Gasteiger partial charge in [0.05, 0.1) is 0 Å². The lowest BCUT2D eigenvalue weighted by molar-refractivity contribution is -0.147. The van der Waals surface area contributed by atoms with E-state index < -0.39 is 23.7 Å². The van der Waals surface area contributed by atoms with Gasteiger partial charge in [-0.1, -0.05) is 58.4 Å². The van der Waals surface area contributed by atoms with Gasteiger partial charge in [-0.2, -0.15) is 0 Å². The van der Waals surface area contributed by atoms with Crippen LogP contribution in [0.25, 0.3) is 0 Å². The zero-order valence-corrected chi connectivity index (χ0v) is 16.6. The number of benzene rings is 2. The van der Waals surface area contributed by atoms with E-state index >= 15 is 0 Å². The highest BCUT2D eigenvalue weighted by Crippen LogP contribution is 2.20. The van der Waals surface area contributed by atoms with Crippen LogP contribution in [0.3, 0.4) is 0 Å². The second kappa shape index (κ2) is 8.85. The van der Waals surface area contributed by atoms with Crippen LogP contribution in [-0.4, -0.2) is 17.7 Å². The largest absolute Gasteiger partial charge is 0.459 e. The topological polar surface area (TPSA) is 64.6 Å². The van der Waals surface area contributed by atoms with Gasteiger partial charge in [0.25, 0.3) is 0 Å². The monoisotopic (exact) mass is 419 g/mol. The molecule has 0 spiro atoms. The number of hydrogen-bond donors (Lipinski definition) is 1. The average molecular weight is 420 g/mol. The molecule has 0 saturated carbocycles. The number of carbonyl (C=O) groups excluding carboxylic acids is 2. The van der Waals surface area contributed by atoms with Crippen LogP contribution in [0.4, 0.5) is 4.79 Å². The molecule has 2 aromatic rings. The Balaban J connectivity index is 2.12. The molecule has 6 heteroatoms. The van der Waals surface area contributed by atoms with E-state index in [2.05, 4.69) is 21.2 Å². The highest BCUT2D eigenvalue weighted by Gasteiger charge is 2.27. The molecule has 2 rings (SSSR count). The predicted octanol–water partition coefficient (Wildman–Crippen LogP) is 4.76. The van der Waals surface area contributed by atoms with Gasteiger partial charge in [-0.15, -0.1) is 0 Å². The van der Waals surface area contributed by atoms with Gasteiger partial charge in [0.15, 0.2) is 6.04 Å². The molecule has 1 amide bonds. The van der Waals surface area contributed by atoms with Gasteiger partial charge in [-0.25, -0.2) is 9.59 Å². The molecular formula is C20H22BrNO4. The van der Waals surface area contributed by atoms with Gasteiger partial charge in [-0.05, 0) is 44.0 Å².